The summed E-state index contributed by atoms with van der Waals surface area (Å²) in [5.74, 6) is -0.0112. The molecule has 0 aliphatic carbocycles. The number of amides is 1. The molecule has 3 aromatic carbocycles. The number of sulfonamides is 1. The van der Waals surface area contributed by atoms with Crippen molar-refractivity contribution < 1.29 is 13.2 Å². The Kier molecular flexibility index (Phi) is 5.75. The lowest BCUT2D eigenvalue weighted by molar-refractivity contribution is 0.102. The number of carbonyl (C=O) groups excluding carboxylic acids is 1. The van der Waals surface area contributed by atoms with Crippen LogP contribution in [0.4, 0.5) is 11.5 Å². The molecular weight excluding hydrogens is 436 g/mol. The van der Waals surface area contributed by atoms with Crippen LogP contribution in [0.15, 0.2) is 96.0 Å². The molecule has 0 aliphatic heterocycles. The molecular formula is C22H17ClN4O3S. The Labute approximate surface area is 184 Å². The lowest BCUT2D eigenvalue weighted by atomic mass is 10.2. The third kappa shape index (κ3) is 4.93. The summed E-state index contributed by atoms with van der Waals surface area (Å²) in [5.41, 5.74) is 1.56. The van der Waals surface area contributed by atoms with Gasteiger partial charge in [0.2, 0.25) is 0 Å². The molecule has 0 atom stereocenters. The highest BCUT2D eigenvalue weighted by atomic mass is 35.5. The smallest absolute Gasteiger partial charge is 0.261 e. The number of para-hydroxylation sites is 1. The highest BCUT2D eigenvalue weighted by molar-refractivity contribution is 7.92. The van der Waals surface area contributed by atoms with E-state index in [0.717, 1.165) is 5.69 Å². The number of rotatable bonds is 6. The minimum absolute atomic E-state index is 0.0346. The van der Waals surface area contributed by atoms with Gasteiger partial charge in [0.15, 0.2) is 5.82 Å². The average Bonchev–Trinajstić information content (AvgIpc) is 3.24. The van der Waals surface area contributed by atoms with Crippen molar-refractivity contribution in [2.75, 3.05) is 10.0 Å². The van der Waals surface area contributed by atoms with E-state index >= 15 is 0 Å². The summed E-state index contributed by atoms with van der Waals surface area (Å²) in [6, 6.07) is 23.1. The largest absolute Gasteiger partial charge is 0.305 e. The summed E-state index contributed by atoms with van der Waals surface area (Å²) in [5, 5.41) is 7.53. The third-order valence-electron chi connectivity index (χ3n) is 4.37. The summed E-state index contributed by atoms with van der Waals surface area (Å²) >= 11 is 5.82. The van der Waals surface area contributed by atoms with E-state index in [2.05, 4.69) is 15.1 Å². The SMILES string of the molecule is O=C(Nc1ccn(-c2ccccc2)n1)c1ccc(S(=O)(=O)Nc2ccc(Cl)cc2)cc1. The topological polar surface area (TPSA) is 93.1 Å². The van der Waals surface area contributed by atoms with Crippen molar-refractivity contribution in [1.29, 1.82) is 0 Å². The monoisotopic (exact) mass is 452 g/mol. The van der Waals surface area contributed by atoms with Gasteiger partial charge >= 0.3 is 0 Å². The molecule has 4 aromatic rings. The van der Waals surface area contributed by atoms with Crippen LogP contribution in [-0.4, -0.2) is 24.1 Å². The molecule has 0 aliphatic rings. The van der Waals surface area contributed by atoms with Crippen molar-refractivity contribution in [2.24, 2.45) is 0 Å². The minimum atomic E-state index is -3.80. The van der Waals surface area contributed by atoms with E-state index in [0.29, 0.717) is 22.1 Å². The molecule has 0 unspecified atom stereocenters. The molecule has 7 nitrogen and oxygen atoms in total. The van der Waals surface area contributed by atoms with E-state index < -0.39 is 15.9 Å². The van der Waals surface area contributed by atoms with E-state index in [1.165, 1.54) is 24.3 Å². The normalized spacial score (nSPS) is 11.1. The Morgan fingerprint density at radius 2 is 1.55 bits per heavy atom. The molecule has 4 rings (SSSR count). The molecule has 0 saturated heterocycles. The highest BCUT2D eigenvalue weighted by Gasteiger charge is 2.16. The summed E-state index contributed by atoms with van der Waals surface area (Å²) in [6.45, 7) is 0. The van der Waals surface area contributed by atoms with Gasteiger partial charge in [0.05, 0.1) is 10.6 Å². The zero-order valence-electron chi connectivity index (χ0n) is 16.1. The van der Waals surface area contributed by atoms with Crippen LogP contribution in [0.3, 0.4) is 0 Å². The fourth-order valence-corrected chi connectivity index (χ4v) is 4.01. The van der Waals surface area contributed by atoms with Crippen molar-refractivity contribution in [2.45, 2.75) is 4.90 Å². The van der Waals surface area contributed by atoms with Crippen molar-refractivity contribution in [3.8, 4) is 5.69 Å². The van der Waals surface area contributed by atoms with E-state index in [9.17, 15) is 13.2 Å². The van der Waals surface area contributed by atoms with Gasteiger partial charge < -0.3 is 5.32 Å². The molecule has 9 heteroatoms. The molecule has 1 amide bonds. The number of hydrogen-bond donors (Lipinski definition) is 2. The second-order valence-corrected chi connectivity index (χ2v) is 8.69. The third-order valence-corrected chi connectivity index (χ3v) is 6.02. The number of anilines is 2. The predicted molar refractivity (Wildman–Crippen MR) is 120 cm³/mol. The Balaban J connectivity index is 1.44. The Bertz CT molecular complexity index is 1300. The molecule has 0 saturated carbocycles. The summed E-state index contributed by atoms with van der Waals surface area (Å²) in [6.07, 6.45) is 1.74. The first kappa shape index (κ1) is 20.6. The van der Waals surface area contributed by atoms with Crippen molar-refractivity contribution >= 4 is 39.0 Å². The number of halogens is 1. The average molecular weight is 453 g/mol. The van der Waals surface area contributed by atoms with Gasteiger partial charge in [-0.1, -0.05) is 29.8 Å². The Hall–Kier alpha value is -3.62. The van der Waals surface area contributed by atoms with Gasteiger partial charge in [0, 0.05) is 28.5 Å². The molecule has 0 fully saturated rings. The van der Waals surface area contributed by atoms with Crippen LogP contribution in [-0.2, 0) is 10.0 Å². The second-order valence-electron chi connectivity index (χ2n) is 6.57. The summed E-state index contributed by atoms with van der Waals surface area (Å²) < 4.78 is 29.2. The molecule has 0 bridgehead atoms. The van der Waals surface area contributed by atoms with Gasteiger partial charge in [-0.3, -0.25) is 9.52 Å². The number of nitrogens with zero attached hydrogens (tertiary/aromatic N) is 2. The van der Waals surface area contributed by atoms with Crippen LogP contribution >= 0.6 is 11.6 Å². The number of aromatic nitrogens is 2. The molecule has 0 radical (unpaired) electrons. The first-order valence-electron chi connectivity index (χ1n) is 9.22. The second kappa shape index (κ2) is 8.63. The molecule has 1 aromatic heterocycles. The van der Waals surface area contributed by atoms with Crippen molar-refractivity contribution in [1.82, 2.24) is 9.78 Å². The van der Waals surface area contributed by atoms with Crippen LogP contribution in [0.25, 0.3) is 5.69 Å². The maximum Gasteiger partial charge on any atom is 0.261 e. The van der Waals surface area contributed by atoms with Crippen LogP contribution < -0.4 is 10.0 Å². The Morgan fingerprint density at radius 3 is 2.23 bits per heavy atom. The van der Waals surface area contributed by atoms with E-state index in [-0.39, 0.29) is 4.90 Å². The Morgan fingerprint density at radius 1 is 0.871 bits per heavy atom. The maximum atomic E-state index is 12.5. The van der Waals surface area contributed by atoms with Gasteiger partial charge in [0.25, 0.3) is 15.9 Å². The van der Waals surface area contributed by atoms with Gasteiger partial charge in [-0.2, -0.15) is 5.10 Å². The zero-order valence-corrected chi connectivity index (χ0v) is 17.6. The molecule has 1 heterocycles. The summed E-state index contributed by atoms with van der Waals surface area (Å²) in [4.78, 5) is 12.5. The fraction of sp³-hybridized carbons (Fsp3) is 0. The first-order chi connectivity index (χ1) is 14.9. The number of hydrogen-bond acceptors (Lipinski definition) is 4. The first-order valence-corrected chi connectivity index (χ1v) is 11.1. The molecule has 0 spiro atoms. The number of nitrogens with one attached hydrogen (secondary N) is 2. The lowest BCUT2D eigenvalue weighted by Gasteiger charge is -2.09. The van der Waals surface area contributed by atoms with Crippen LogP contribution in [0.2, 0.25) is 5.02 Å². The van der Waals surface area contributed by atoms with Crippen LogP contribution in [0.5, 0.6) is 0 Å². The molecule has 2 N–H and O–H groups in total. The number of benzene rings is 3. The molecule has 31 heavy (non-hydrogen) atoms. The quantitative estimate of drug-likeness (QED) is 0.448. The van der Waals surface area contributed by atoms with Crippen molar-refractivity contribution in [3.63, 3.8) is 0 Å². The lowest BCUT2D eigenvalue weighted by Crippen LogP contribution is -2.15. The van der Waals surface area contributed by atoms with E-state index in [4.69, 9.17) is 11.6 Å². The van der Waals surface area contributed by atoms with E-state index in [1.54, 1.807) is 41.2 Å². The van der Waals surface area contributed by atoms with Gasteiger partial charge in [-0.15, -0.1) is 0 Å². The van der Waals surface area contributed by atoms with Gasteiger partial charge in [-0.25, -0.2) is 13.1 Å². The number of carbonyl (C=O) groups is 1. The highest BCUT2D eigenvalue weighted by Crippen LogP contribution is 2.19. The predicted octanol–water partition coefficient (Wildman–Crippen LogP) is 4.58. The van der Waals surface area contributed by atoms with Crippen LogP contribution in [0.1, 0.15) is 10.4 Å². The maximum absolute atomic E-state index is 12.5. The summed E-state index contributed by atoms with van der Waals surface area (Å²) in [7, 11) is -3.80. The van der Waals surface area contributed by atoms with Gasteiger partial charge in [-0.05, 0) is 60.7 Å². The fourth-order valence-electron chi connectivity index (χ4n) is 2.82. The van der Waals surface area contributed by atoms with Crippen LogP contribution in [0, 0.1) is 0 Å². The minimum Gasteiger partial charge on any atom is -0.305 e. The zero-order chi connectivity index (χ0) is 21.8. The molecule has 156 valence electrons. The standard InChI is InChI=1S/C22H17ClN4O3S/c23-17-8-10-18(11-9-17)26-31(29,30)20-12-6-16(7-13-20)22(28)24-21-14-15-27(25-21)19-4-2-1-3-5-19/h1-15,26H,(H,24,25,28). The van der Waals surface area contributed by atoms with E-state index in [1.807, 2.05) is 30.3 Å². The van der Waals surface area contributed by atoms with Crippen molar-refractivity contribution in [3.05, 3.63) is 102 Å². The van der Waals surface area contributed by atoms with Gasteiger partial charge in [0.1, 0.15) is 0 Å².